The Kier molecular flexibility index (Phi) is 5.20. The molecular weight excluding hydrogens is 386 g/mol. The number of amides is 1. The maximum atomic E-state index is 12.8. The van der Waals surface area contributed by atoms with Gasteiger partial charge in [0.25, 0.3) is 10.0 Å². The minimum atomic E-state index is -3.77. The molecule has 0 atom stereocenters. The van der Waals surface area contributed by atoms with E-state index in [1.807, 2.05) is 6.92 Å². The summed E-state index contributed by atoms with van der Waals surface area (Å²) in [6.07, 6.45) is 1.20. The lowest BCUT2D eigenvalue weighted by Gasteiger charge is -2.08. The topological polar surface area (TPSA) is 106 Å². The lowest BCUT2D eigenvalue weighted by molar-refractivity contribution is -0.116. The van der Waals surface area contributed by atoms with Crippen LogP contribution in [0, 0.1) is 13.8 Å². The molecular formula is C17H21N5O3S2. The molecule has 10 heteroatoms. The number of aromatic nitrogens is 3. The van der Waals surface area contributed by atoms with Gasteiger partial charge in [-0.1, -0.05) is 18.3 Å². The molecule has 8 nitrogen and oxygen atoms in total. The summed E-state index contributed by atoms with van der Waals surface area (Å²) in [6, 6.07) is 5.11. The van der Waals surface area contributed by atoms with Crippen LogP contribution in [0.2, 0.25) is 0 Å². The van der Waals surface area contributed by atoms with Crippen LogP contribution in [-0.4, -0.2) is 29.1 Å². The summed E-state index contributed by atoms with van der Waals surface area (Å²) in [6.45, 7) is 5.31. The number of hydrogen-bond acceptors (Lipinski definition) is 6. The predicted octanol–water partition coefficient (Wildman–Crippen LogP) is 3.19. The van der Waals surface area contributed by atoms with Crippen molar-refractivity contribution in [1.82, 2.24) is 14.8 Å². The first-order chi connectivity index (χ1) is 12.7. The summed E-state index contributed by atoms with van der Waals surface area (Å²) in [5.74, 6) is -0.0833. The van der Waals surface area contributed by atoms with Crippen molar-refractivity contribution >= 4 is 48.3 Å². The normalized spacial score (nSPS) is 11.7. The number of carbonyl (C=O) groups excluding carboxylic acids is 1. The Morgan fingerprint density at radius 1 is 1.30 bits per heavy atom. The van der Waals surface area contributed by atoms with Crippen molar-refractivity contribution in [3.8, 4) is 0 Å². The fraction of sp³-hybridized carbons (Fsp3) is 0.353. The largest absolute Gasteiger partial charge is 0.302 e. The van der Waals surface area contributed by atoms with Crippen LogP contribution in [-0.2, 0) is 21.9 Å². The van der Waals surface area contributed by atoms with Gasteiger partial charge < -0.3 is 5.32 Å². The van der Waals surface area contributed by atoms with E-state index in [1.54, 1.807) is 43.8 Å². The molecule has 0 bridgehead atoms. The van der Waals surface area contributed by atoms with Crippen LogP contribution in [0.1, 0.15) is 31.2 Å². The molecule has 0 radical (unpaired) electrons. The van der Waals surface area contributed by atoms with Crippen molar-refractivity contribution in [2.45, 2.75) is 38.5 Å². The number of anilines is 2. The Morgan fingerprint density at radius 2 is 2.04 bits per heavy atom. The monoisotopic (exact) mass is 407 g/mol. The second kappa shape index (κ2) is 7.28. The molecule has 27 heavy (non-hydrogen) atoms. The van der Waals surface area contributed by atoms with Crippen LogP contribution in [0.15, 0.2) is 23.1 Å². The van der Waals surface area contributed by atoms with Crippen molar-refractivity contribution in [3.63, 3.8) is 0 Å². The molecule has 0 unspecified atom stereocenters. The third kappa shape index (κ3) is 3.96. The van der Waals surface area contributed by atoms with E-state index in [2.05, 4.69) is 20.1 Å². The second-order valence-electron chi connectivity index (χ2n) is 6.23. The van der Waals surface area contributed by atoms with E-state index in [0.717, 1.165) is 11.1 Å². The first-order valence-corrected chi connectivity index (χ1v) is 10.7. The Morgan fingerprint density at radius 3 is 2.67 bits per heavy atom. The molecule has 0 saturated heterocycles. The van der Waals surface area contributed by atoms with Gasteiger partial charge in [-0.25, -0.2) is 13.4 Å². The minimum absolute atomic E-state index is 0.0833. The number of nitrogens with zero attached hydrogens (tertiary/aromatic N) is 3. The number of thiazole rings is 1. The Balaban J connectivity index is 1.88. The smallest absolute Gasteiger partial charge is 0.265 e. The van der Waals surface area contributed by atoms with Crippen LogP contribution >= 0.6 is 11.3 Å². The summed E-state index contributed by atoms with van der Waals surface area (Å²) in [5.41, 5.74) is 2.03. The number of aryl methyl sites for hydroxylation is 2. The van der Waals surface area contributed by atoms with E-state index in [4.69, 9.17) is 0 Å². The zero-order valence-corrected chi connectivity index (χ0v) is 17.2. The van der Waals surface area contributed by atoms with E-state index in [1.165, 1.54) is 11.3 Å². The molecule has 0 aliphatic heterocycles. The van der Waals surface area contributed by atoms with E-state index in [-0.39, 0.29) is 10.8 Å². The molecule has 0 spiro atoms. The van der Waals surface area contributed by atoms with Gasteiger partial charge in [-0.05, 0) is 38.5 Å². The molecule has 1 amide bonds. The molecule has 2 heterocycles. The molecule has 1 aromatic carbocycles. The van der Waals surface area contributed by atoms with Gasteiger partial charge in [-0.15, -0.1) is 0 Å². The molecule has 0 saturated carbocycles. The molecule has 2 aromatic heterocycles. The second-order valence-corrected chi connectivity index (χ2v) is 8.88. The van der Waals surface area contributed by atoms with Gasteiger partial charge in [-0.2, -0.15) is 5.10 Å². The zero-order chi connectivity index (χ0) is 19.8. The van der Waals surface area contributed by atoms with Crippen LogP contribution in [0.25, 0.3) is 10.2 Å². The molecule has 0 aliphatic carbocycles. The number of rotatable bonds is 6. The van der Waals surface area contributed by atoms with Gasteiger partial charge in [0.15, 0.2) is 5.13 Å². The van der Waals surface area contributed by atoms with Gasteiger partial charge in [0.1, 0.15) is 4.90 Å². The fourth-order valence-electron chi connectivity index (χ4n) is 2.80. The number of nitrogens with one attached hydrogen (secondary N) is 2. The van der Waals surface area contributed by atoms with Crippen LogP contribution in [0.5, 0.6) is 0 Å². The van der Waals surface area contributed by atoms with Crippen LogP contribution in [0.4, 0.5) is 10.8 Å². The van der Waals surface area contributed by atoms with Gasteiger partial charge in [0.05, 0.1) is 27.3 Å². The molecule has 2 N–H and O–H groups in total. The summed E-state index contributed by atoms with van der Waals surface area (Å²) in [5, 5.41) is 7.43. The molecule has 3 aromatic rings. The highest BCUT2D eigenvalue weighted by Crippen LogP contribution is 2.29. The maximum absolute atomic E-state index is 12.8. The van der Waals surface area contributed by atoms with E-state index >= 15 is 0 Å². The summed E-state index contributed by atoms with van der Waals surface area (Å²) in [4.78, 5) is 16.3. The Hall–Kier alpha value is -2.46. The number of fused-ring (bicyclic) bond motifs is 1. The van der Waals surface area contributed by atoms with Crippen LogP contribution < -0.4 is 10.0 Å². The highest BCUT2D eigenvalue weighted by Gasteiger charge is 2.24. The predicted molar refractivity (Wildman–Crippen MR) is 107 cm³/mol. The van der Waals surface area contributed by atoms with Crippen molar-refractivity contribution in [2.24, 2.45) is 7.05 Å². The number of carbonyl (C=O) groups is 1. The molecule has 3 rings (SSSR count). The Bertz CT molecular complexity index is 1120. The summed E-state index contributed by atoms with van der Waals surface area (Å²) < 4.78 is 30.5. The van der Waals surface area contributed by atoms with E-state index in [0.29, 0.717) is 34.1 Å². The number of hydrogen-bond donors (Lipinski definition) is 2. The molecule has 144 valence electrons. The average molecular weight is 408 g/mol. The van der Waals surface area contributed by atoms with Crippen molar-refractivity contribution in [2.75, 3.05) is 10.0 Å². The number of sulfonamides is 1. The first-order valence-electron chi connectivity index (χ1n) is 8.44. The maximum Gasteiger partial charge on any atom is 0.265 e. The Labute approximate surface area is 161 Å². The minimum Gasteiger partial charge on any atom is -0.302 e. The van der Waals surface area contributed by atoms with Crippen molar-refractivity contribution in [1.29, 1.82) is 0 Å². The third-order valence-electron chi connectivity index (χ3n) is 4.07. The quantitative estimate of drug-likeness (QED) is 0.653. The zero-order valence-electron chi connectivity index (χ0n) is 15.5. The highest BCUT2D eigenvalue weighted by molar-refractivity contribution is 7.92. The van der Waals surface area contributed by atoms with Crippen molar-refractivity contribution < 1.29 is 13.2 Å². The van der Waals surface area contributed by atoms with Crippen molar-refractivity contribution in [3.05, 3.63) is 29.6 Å². The highest BCUT2D eigenvalue weighted by atomic mass is 32.2. The first kappa shape index (κ1) is 19.3. The molecule has 0 aliphatic rings. The lowest BCUT2D eigenvalue weighted by Crippen LogP contribution is -2.14. The lowest BCUT2D eigenvalue weighted by atomic mass is 10.3. The van der Waals surface area contributed by atoms with E-state index < -0.39 is 10.0 Å². The summed E-state index contributed by atoms with van der Waals surface area (Å²) in [7, 11) is -2.06. The summed E-state index contributed by atoms with van der Waals surface area (Å²) >= 11 is 1.35. The van der Waals surface area contributed by atoms with Gasteiger partial charge in [0.2, 0.25) is 5.91 Å². The third-order valence-corrected chi connectivity index (χ3v) is 6.66. The van der Waals surface area contributed by atoms with Gasteiger partial charge in [-0.3, -0.25) is 14.2 Å². The number of benzene rings is 1. The molecule has 0 fully saturated rings. The SMILES string of the molecule is CCCC(=O)Nc1nc2cc(NS(=O)(=O)c3c(C)nn(C)c3C)ccc2s1. The average Bonchev–Trinajstić information content (AvgIpc) is 3.06. The van der Waals surface area contributed by atoms with Gasteiger partial charge >= 0.3 is 0 Å². The fourth-order valence-corrected chi connectivity index (χ4v) is 5.15. The van der Waals surface area contributed by atoms with Crippen LogP contribution in [0.3, 0.4) is 0 Å². The standard InChI is InChI=1S/C17H21N5O3S2/c1-5-6-15(23)19-17-18-13-9-12(7-8-14(13)26-17)21-27(24,25)16-10(2)20-22(4)11(16)3/h7-9,21H,5-6H2,1-4H3,(H,18,19,23). The van der Waals surface area contributed by atoms with Gasteiger partial charge in [0, 0.05) is 13.5 Å². The van der Waals surface area contributed by atoms with E-state index in [9.17, 15) is 13.2 Å².